The molecule has 1 aromatic carbocycles. The standard InChI is InChI=1S/C28H40N6O/c1-3-4-12-30-26-10-9-24(18-28(26,35)34-13-11-25-19-29-21-31-27(25)34)23-7-5-22(6-8-23)20-33-16-14-32(2)15-17-33/h5-8,11,13,19,21,24,26,30,35H,3-4,9-10,12,14-18,20H2,1-2H3. The Morgan fingerprint density at radius 3 is 2.66 bits per heavy atom. The molecule has 188 valence electrons. The van der Waals surface area contributed by atoms with Crippen LogP contribution in [0, 0.1) is 0 Å². The van der Waals surface area contributed by atoms with E-state index < -0.39 is 5.72 Å². The van der Waals surface area contributed by atoms with Crippen LogP contribution in [0.4, 0.5) is 0 Å². The van der Waals surface area contributed by atoms with E-state index in [9.17, 15) is 5.11 Å². The molecule has 2 N–H and O–H groups in total. The molecule has 5 rings (SSSR count). The number of likely N-dealkylation sites (N-methyl/N-ethyl adjacent to an activating group) is 1. The summed E-state index contributed by atoms with van der Waals surface area (Å²) >= 11 is 0. The molecule has 7 heteroatoms. The Hall–Kier alpha value is -2.32. The number of rotatable bonds is 8. The first-order valence-electron chi connectivity index (χ1n) is 13.3. The second kappa shape index (κ2) is 10.7. The lowest BCUT2D eigenvalue weighted by Gasteiger charge is -2.45. The first-order valence-corrected chi connectivity index (χ1v) is 13.3. The minimum atomic E-state index is -1.04. The molecular formula is C28H40N6O. The van der Waals surface area contributed by atoms with E-state index in [-0.39, 0.29) is 6.04 Å². The van der Waals surface area contributed by atoms with Crippen LogP contribution in [0.2, 0.25) is 0 Å². The zero-order valence-electron chi connectivity index (χ0n) is 21.2. The van der Waals surface area contributed by atoms with E-state index >= 15 is 0 Å². The van der Waals surface area contributed by atoms with Gasteiger partial charge < -0.3 is 19.9 Å². The first-order chi connectivity index (χ1) is 17.1. The maximum absolute atomic E-state index is 12.2. The first kappa shape index (κ1) is 24.4. The van der Waals surface area contributed by atoms with Gasteiger partial charge in [-0.05, 0) is 56.0 Å². The van der Waals surface area contributed by atoms with Gasteiger partial charge in [0.2, 0.25) is 0 Å². The number of aliphatic hydroxyl groups is 1. The SMILES string of the molecule is CCCCNC1CCC(c2ccc(CN3CCN(C)CC3)cc2)CC1(O)n1ccc2cncnc21. The monoisotopic (exact) mass is 476 g/mol. The smallest absolute Gasteiger partial charge is 0.158 e. The zero-order valence-corrected chi connectivity index (χ0v) is 21.2. The van der Waals surface area contributed by atoms with Crippen molar-refractivity contribution in [2.45, 2.75) is 63.3 Å². The molecule has 0 spiro atoms. The van der Waals surface area contributed by atoms with Crippen molar-refractivity contribution in [3.8, 4) is 0 Å². The van der Waals surface area contributed by atoms with Gasteiger partial charge in [0.05, 0.1) is 6.04 Å². The Bertz CT molecular complexity index is 1090. The highest BCUT2D eigenvalue weighted by Gasteiger charge is 2.45. The molecule has 0 bridgehead atoms. The van der Waals surface area contributed by atoms with Gasteiger partial charge in [0.25, 0.3) is 0 Å². The number of hydrogen-bond donors (Lipinski definition) is 2. The molecule has 1 saturated heterocycles. The largest absolute Gasteiger partial charge is 0.369 e. The summed E-state index contributed by atoms with van der Waals surface area (Å²) in [4.78, 5) is 13.6. The second-order valence-electron chi connectivity index (χ2n) is 10.5. The van der Waals surface area contributed by atoms with Gasteiger partial charge in [-0.25, -0.2) is 9.97 Å². The minimum Gasteiger partial charge on any atom is -0.369 e. The topological polar surface area (TPSA) is 69.4 Å². The third kappa shape index (κ3) is 5.28. The van der Waals surface area contributed by atoms with Crippen molar-refractivity contribution >= 4 is 11.0 Å². The highest BCUT2D eigenvalue weighted by molar-refractivity contribution is 5.75. The average Bonchev–Trinajstić information content (AvgIpc) is 3.32. The number of fused-ring (bicyclic) bond motifs is 1. The van der Waals surface area contributed by atoms with E-state index in [1.807, 2.05) is 23.0 Å². The van der Waals surface area contributed by atoms with Crippen LogP contribution in [0.5, 0.6) is 0 Å². The fourth-order valence-corrected chi connectivity index (χ4v) is 5.83. The molecule has 1 saturated carbocycles. The van der Waals surface area contributed by atoms with Gasteiger partial charge in [0.15, 0.2) is 5.72 Å². The number of unbranched alkanes of at least 4 members (excludes halogenated alkanes) is 1. The summed E-state index contributed by atoms with van der Waals surface area (Å²) < 4.78 is 1.99. The Kier molecular flexibility index (Phi) is 7.48. The van der Waals surface area contributed by atoms with Gasteiger partial charge in [0.1, 0.15) is 12.0 Å². The third-order valence-electron chi connectivity index (χ3n) is 8.05. The van der Waals surface area contributed by atoms with Crippen molar-refractivity contribution in [3.05, 3.63) is 60.2 Å². The zero-order chi connectivity index (χ0) is 24.3. The van der Waals surface area contributed by atoms with Crippen LogP contribution < -0.4 is 5.32 Å². The predicted octanol–water partition coefficient (Wildman–Crippen LogP) is 3.55. The van der Waals surface area contributed by atoms with E-state index in [0.717, 1.165) is 76.0 Å². The molecule has 3 heterocycles. The molecule has 35 heavy (non-hydrogen) atoms. The van der Waals surface area contributed by atoms with Gasteiger partial charge in [-0.3, -0.25) is 4.90 Å². The number of hydrogen-bond acceptors (Lipinski definition) is 6. The molecule has 0 amide bonds. The lowest BCUT2D eigenvalue weighted by Crippen LogP contribution is -2.55. The number of piperazine rings is 1. The van der Waals surface area contributed by atoms with Crippen LogP contribution >= 0.6 is 0 Å². The van der Waals surface area contributed by atoms with Crippen molar-refractivity contribution in [2.75, 3.05) is 39.8 Å². The Morgan fingerprint density at radius 1 is 1.09 bits per heavy atom. The summed E-state index contributed by atoms with van der Waals surface area (Å²) in [5, 5.41) is 16.9. The van der Waals surface area contributed by atoms with Crippen molar-refractivity contribution in [1.29, 1.82) is 0 Å². The minimum absolute atomic E-state index is 0.00706. The van der Waals surface area contributed by atoms with Crippen LogP contribution in [0.3, 0.4) is 0 Å². The van der Waals surface area contributed by atoms with Gasteiger partial charge in [-0.15, -0.1) is 0 Å². The fraction of sp³-hybridized carbons (Fsp3) is 0.571. The molecule has 1 aliphatic heterocycles. The summed E-state index contributed by atoms with van der Waals surface area (Å²) in [6, 6.07) is 11.2. The predicted molar refractivity (Wildman–Crippen MR) is 140 cm³/mol. The number of nitrogens with zero attached hydrogens (tertiary/aromatic N) is 5. The van der Waals surface area contributed by atoms with E-state index in [2.05, 4.69) is 63.3 Å². The highest BCUT2D eigenvalue weighted by atomic mass is 16.3. The summed E-state index contributed by atoms with van der Waals surface area (Å²) in [6.45, 7) is 8.69. The fourth-order valence-electron chi connectivity index (χ4n) is 5.83. The normalized spacial score (nSPS) is 26.4. The van der Waals surface area contributed by atoms with Crippen molar-refractivity contribution in [2.24, 2.45) is 0 Å². The molecule has 3 aromatic rings. The summed E-state index contributed by atoms with van der Waals surface area (Å²) in [7, 11) is 2.20. The Balaban J connectivity index is 1.34. The Labute approximate surface area is 209 Å². The molecule has 0 radical (unpaired) electrons. The van der Waals surface area contributed by atoms with Crippen LogP contribution in [0.15, 0.2) is 49.1 Å². The Morgan fingerprint density at radius 2 is 1.89 bits per heavy atom. The third-order valence-corrected chi connectivity index (χ3v) is 8.05. The van der Waals surface area contributed by atoms with Crippen LogP contribution in [0.1, 0.15) is 56.1 Å². The van der Waals surface area contributed by atoms with Crippen LogP contribution in [0.25, 0.3) is 11.0 Å². The van der Waals surface area contributed by atoms with Gasteiger partial charge >= 0.3 is 0 Å². The molecule has 2 aromatic heterocycles. The summed E-state index contributed by atoms with van der Waals surface area (Å²) in [5.41, 5.74) is 2.46. The molecule has 2 fully saturated rings. The van der Waals surface area contributed by atoms with Gasteiger partial charge in [-0.1, -0.05) is 37.6 Å². The number of aromatic nitrogens is 3. The maximum atomic E-state index is 12.2. The average molecular weight is 477 g/mol. The van der Waals surface area contributed by atoms with Crippen LogP contribution in [-0.2, 0) is 12.3 Å². The van der Waals surface area contributed by atoms with Gasteiger partial charge in [-0.2, -0.15) is 0 Å². The van der Waals surface area contributed by atoms with E-state index in [1.165, 1.54) is 11.1 Å². The van der Waals surface area contributed by atoms with E-state index in [4.69, 9.17) is 0 Å². The van der Waals surface area contributed by atoms with Gasteiger partial charge in [0, 0.05) is 56.9 Å². The van der Waals surface area contributed by atoms with Crippen molar-refractivity contribution in [3.63, 3.8) is 0 Å². The molecule has 3 unspecified atom stereocenters. The maximum Gasteiger partial charge on any atom is 0.158 e. The lowest BCUT2D eigenvalue weighted by atomic mass is 9.76. The van der Waals surface area contributed by atoms with Crippen LogP contribution in [-0.4, -0.2) is 75.3 Å². The quantitative estimate of drug-likeness (QED) is 0.485. The highest BCUT2D eigenvalue weighted by Crippen LogP contribution is 2.43. The second-order valence-corrected chi connectivity index (χ2v) is 10.5. The lowest BCUT2D eigenvalue weighted by molar-refractivity contribution is -0.0992. The molecule has 7 nitrogen and oxygen atoms in total. The molecule has 3 atom stereocenters. The number of benzene rings is 1. The summed E-state index contributed by atoms with van der Waals surface area (Å²) in [6.07, 6.45) is 10.3. The van der Waals surface area contributed by atoms with Crippen molar-refractivity contribution < 1.29 is 5.11 Å². The van der Waals surface area contributed by atoms with Crippen molar-refractivity contribution in [1.82, 2.24) is 29.7 Å². The van der Waals surface area contributed by atoms with E-state index in [1.54, 1.807) is 6.33 Å². The van der Waals surface area contributed by atoms with E-state index in [0.29, 0.717) is 12.3 Å². The number of nitrogens with one attached hydrogen (secondary N) is 1. The molecule has 1 aliphatic carbocycles. The summed E-state index contributed by atoms with van der Waals surface area (Å²) in [5.74, 6) is 0.307. The molecule has 2 aliphatic rings. The molecular weight excluding hydrogens is 436 g/mol.